The van der Waals surface area contributed by atoms with Crippen LogP contribution in [0.25, 0.3) is 0 Å². The Kier molecular flexibility index (Phi) is 8.74. The van der Waals surface area contributed by atoms with Gasteiger partial charge in [-0.05, 0) is 76.2 Å². The molecule has 2 rings (SSSR count). The molecule has 0 saturated heterocycles. The summed E-state index contributed by atoms with van der Waals surface area (Å²) in [6.45, 7) is 12.2. The largest absolute Gasteiger partial charge is 0.481 e. The zero-order chi connectivity index (χ0) is 24.3. The molecule has 0 radical (unpaired) electrons. The maximum atomic E-state index is 13.0. The first-order valence-corrected chi connectivity index (χ1v) is 12.0. The first kappa shape index (κ1) is 26.6. The van der Waals surface area contributed by atoms with E-state index < -0.39 is 29.2 Å². The molecule has 0 aromatic carbocycles. The van der Waals surface area contributed by atoms with Crippen LogP contribution in [0.3, 0.4) is 0 Å². The van der Waals surface area contributed by atoms with Crippen LogP contribution in [0.15, 0.2) is 23.8 Å². The highest BCUT2D eigenvalue weighted by atomic mass is 16.6. The topological polar surface area (TPSA) is 104 Å². The molecule has 0 spiro atoms. The molecule has 182 valence electrons. The third-order valence-electron chi connectivity index (χ3n) is 7.47. The van der Waals surface area contributed by atoms with Gasteiger partial charge in [0.25, 0.3) is 0 Å². The lowest BCUT2D eigenvalue weighted by Gasteiger charge is -2.50. The summed E-state index contributed by atoms with van der Waals surface area (Å²) in [5.41, 5.74) is 0.0111. The molecule has 0 unspecified atom stereocenters. The van der Waals surface area contributed by atoms with E-state index in [0.29, 0.717) is 25.2 Å². The Morgan fingerprint density at radius 2 is 1.91 bits per heavy atom. The van der Waals surface area contributed by atoms with Gasteiger partial charge in [0.2, 0.25) is 0 Å². The van der Waals surface area contributed by atoms with Gasteiger partial charge in [-0.15, -0.1) is 0 Å². The van der Waals surface area contributed by atoms with Crippen molar-refractivity contribution in [1.29, 1.82) is 0 Å². The van der Waals surface area contributed by atoms with Crippen LogP contribution in [0.4, 0.5) is 0 Å². The van der Waals surface area contributed by atoms with E-state index in [1.165, 1.54) is 5.57 Å². The zero-order valence-electron chi connectivity index (χ0n) is 20.5. The minimum Gasteiger partial charge on any atom is -0.481 e. The maximum Gasteiger partial charge on any atom is 0.312 e. The summed E-state index contributed by atoms with van der Waals surface area (Å²) in [5.74, 6) is -0.500. The number of allylic oxidation sites excluding steroid dienone is 3. The van der Waals surface area contributed by atoms with E-state index in [9.17, 15) is 19.8 Å². The Morgan fingerprint density at radius 1 is 1.25 bits per heavy atom. The van der Waals surface area contributed by atoms with Crippen LogP contribution < -0.4 is 0 Å². The second kappa shape index (κ2) is 10.5. The van der Waals surface area contributed by atoms with Crippen molar-refractivity contribution in [2.24, 2.45) is 29.1 Å². The molecule has 0 saturated carbocycles. The summed E-state index contributed by atoms with van der Waals surface area (Å²) in [5, 5.41) is 29.1. The number of rotatable bonds is 10. The predicted molar refractivity (Wildman–Crippen MR) is 124 cm³/mol. The monoisotopic (exact) mass is 450 g/mol. The molecular weight excluding hydrogens is 408 g/mol. The lowest BCUT2D eigenvalue weighted by molar-refractivity contribution is -0.179. The standard InChI is InChI=1S/C26H42O6/c1-7-25(4,5)24(31)32-26(6)15-16(2)12-18-9-8-17(3)21(23(18)26)11-10-19(27)13-20(28)14-22(29)30/h8-9,12,16-17,19-21,23,27-28H,7,10-11,13-15H2,1-6H3,(H,29,30)/t16-,17-,19+,20+,21-,23-,26-/m0/s1. The molecule has 7 atom stereocenters. The third-order valence-corrected chi connectivity index (χ3v) is 7.47. The molecule has 0 amide bonds. The van der Waals surface area contributed by atoms with E-state index >= 15 is 0 Å². The predicted octanol–water partition coefficient (Wildman–Crippen LogP) is 4.50. The number of hydrogen-bond acceptors (Lipinski definition) is 5. The van der Waals surface area contributed by atoms with E-state index in [4.69, 9.17) is 9.84 Å². The number of aliphatic hydroxyl groups is 2. The first-order valence-electron chi connectivity index (χ1n) is 12.0. The van der Waals surface area contributed by atoms with Gasteiger partial charge < -0.3 is 20.1 Å². The summed E-state index contributed by atoms with van der Waals surface area (Å²) >= 11 is 0. The molecular formula is C26H42O6. The Labute approximate surface area is 192 Å². The molecule has 3 N–H and O–H groups in total. The summed E-state index contributed by atoms with van der Waals surface area (Å²) in [4.78, 5) is 23.8. The molecule has 6 heteroatoms. The van der Waals surface area contributed by atoms with E-state index in [0.717, 1.165) is 6.42 Å². The normalized spacial score (nSPS) is 31.9. The van der Waals surface area contributed by atoms with Crippen molar-refractivity contribution in [2.75, 3.05) is 0 Å². The van der Waals surface area contributed by atoms with Crippen LogP contribution in [0.5, 0.6) is 0 Å². The van der Waals surface area contributed by atoms with E-state index in [1.54, 1.807) is 0 Å². The van der Waals surface area contributed by atoms with Crippen molar-refractivity contribution in [2.45, 2.75) is 97.9 Å². The minimum atomic E-state index is -1.07. The van der Waals surface area contributed by atoms with Gasteiger partial charge >= 0.3 is 11.9 Å². The minimum absolute atomic E-state index is 0.0337. The number of carboxylic acids is 1. The van der Waals surface area contributed by atoms with Crippen LogP contribution in [0.1, 0.15) is 80.1 Å². The van der Waals surface area contributed by atoms with Gasteiger partial charge in [-0.1, -0.05) is 39.0 Å². The molecule has 0 aliphatic heterocycles. The summed E-state index contributed by atoms with van der Waals surface area (Å²) < 4.78 is 6.29. The van der Waals surface area contributed by atoms with Crippen LogP contribution in [-0.4, -0.2) is 45.1 Å². The van der Waals surface area contributed by atoms with Gasteiger partial charge in [-0.25, -0.2) is 0 Å². The number of esters is 1. The van der Waals surface area contributed by atoms with Crippen molar-refractivity contribution < 1.29 is 29.6 Å². The van der Waals surface area contributed by atoms with Crippen molar-refractivity contribution >= 4 is 11.9 Å². The Bertz CT molecular complexity index is 739. The smallest absolute Gasteiger partial charge is 0.312 e. The highest BCUT2D eigenvalue weighted by molar-refractivity contribution is 5.76. The molecule has 0 aromatic heterocycles. The molecule has 32 heavy (non-hydrogen) atoms. The van der Waals surface area contributed by atoms with Crippen molar-refractivity contribution in [3.63, 3.8) is 0 Å². The second-order valence-corrected chi connectivity index (χ2v) is 10.9. The zero-order valence-corrected chi connectivity index (χ0v) is 20.5. The Morgan fingerprint density at radius 3 is 2.50 bits per heavy atom. The highest BCUT2D eigenvalue weighted by Gasteiger charge is 2.50. The summed E-state index contributed by atoms with van der Waals surface area (Å²) in [6, 6.07) is 0. The van der Waals surface area contributed by atoms with E-state index in [2.05, 4.69) is 39.0 Å². The summed E-state index contributed by atoms with van der Waals surface area (Å²) in [7, 11) is 0. The molecule has 2 aliphatic carbocycles. The average molecular weight is 451 g/mol. The van der Waals surface area contributed by atoms with Crippen molar-refractivity contribution in [1.82, 2.24) is 0 Å². The third kappa shape index (κ3) is 6.44. The van der Waals surface area contributed by atoms with Gasteiger partial charge in [-0.2, -0.15) is 0 Å². The maximum absolute atomic E-state index is 13.0. The van der Waals surface area contributed by atoms with Gasteiger partial charge in [0.05, 0.1) is 24.0 Å². The van der Waals surface area contributed by atoms with Crippen LogP contribution in [0.2, 0.25) is 0 Å². The molecule has 2 aliphatic rings. The Hall–Kier alpha value is -1.66. The van der Waals surface area contributed by atoms with Crippen molar-refractivity contribution in [3.8, 4) is 0 Å². The summed E-state index contributed by atoms with van der Waals surface area (Å²) in [6.07, 6.45) is 7.09. The molecule has 0 bridgehead atoms. The quantitative estimate of drug-likeness (QED) is 0.424. The fourth-order valence-electron chi connectivity index (χ4n) is 5.31. The Balaban J connectivity index is 2.21. The number of carbonyl (C=O) groups excluding carboxylic acids is 1. The molecule has 0 heterocycles. The SMILES string of the molecule is CCC(C)(C)C(=O)O[C@@]1(C)C[C@@H](C)C=C2C=C[C@H](C)[C@H](CC[C@@H](O)C[C@@H](O)CC(=O)O)[C@H]21. The number of fused-ring (bicyclic) bond motifs is 1. The van der Waals surface area contributed by atoms with Gasteiger partial charge in [-0.3, -0.25) is 9.59 Å². The average Bonchev–Trinajstić information content (AvgIpc) is 2.66. The number of carbonyl (C=O) groups is 2. The molecule has 0 aromatic rings. The lowest BCUT2D eigenvalue weighted by Crippen LogP contribution is -2.51. The van der Waals surface area contributed by atoms with E-state index in [-0.39, 0.29) is 36.6 Å². The highest BCUT2D eigenvalue weighted by Crippen LogP contribution is 2.50. The fraction of sp³-hybridized carbons (Fsp3) is 0.769. The number of hydrogen-bond donors (Lipinski definition) is 3. The number of aliphatic carboxylic acids is 1. The molecule has 0 fully saturated rings. The number of carboxylic acid groups (broad SMARTS) is 1. The van der Waals surface area contributed by atoms with Crippen LogP contribution >= 0.6 is 0 Å². The van der Waals surface area contributed by atoms with Crippen LogP contribution in [-0.2, 0) is 14.3 Å². The first-order chi connectivity index (χ1) is 14.8. The van der Waals surface area contributed by atoms with Crippen molar-refractivity contribution in [3.05, 3.63) is 23.8 Å². The number of aliphatic hydroxyl groups excluding tert-OH is 2. The number of ether oxygens (including phenoxy) is 1. The second-order valence-electron chi connectivity index (χ2n) is 10.9. The lowest BCUT2D eigenvalue weighted by atomic mass is 9.60. The van der Waals surface area contributed by atoms with E-state index in [1.807, 2.05) is 20.8 Å². The van der Waals surface area contributed by atoms with Crippen LogP contribution in [0, 0.1) is 29.1 Å². The van der Waals surface area contributed by atoms with Gasteiger partial charge in [0, 0.05) is 5.92 Å². The fourth-order valence-corrected chi connectivity index (χ4v) is 5.31. The van der Waals surface area contributed by atoms with Gasteiger partial charge in [0.15, 0.2) is 0 Å². The van der Waals surface area contributed by atoms with Gasteiger partial charge in [0.1, 0.15) is 5.60 Å². The molecule has 6 nitrogen and oxygen atoms in total.